The van der Waals surface area contributed by atoms with Gasteiger partial charge in [-0.25, -0.2) is 9.59 Å². The fourth-order valence-electron chi connectivity index (χ4n) is 5.28. The first-order valence-electron chi connectivity index (χ1n) is 14.6. The van der Waals surface area contributed by atoms with Crippen LogP contribution in [0.5, 0.6) is 6.01 Å². The number of amides is 2. The van der Waals surface area contributed by atoms with Crippen LogP contribution in [0.1, 0.15) is 41.6 Å². The van der Waals surface area contributed by atoms with Crippen LogP contribution in [0, 0.1) is 5.92 Å². The van der Waals surface area contributed by atoms with Crippen molar-refractivity contribution >= 4 is 47.2 Å². The number of anilines is 3. The number of methoxy groups -OCH3 is 1. The highest BCUT2D eigenvalue weighted by molar-refractivity contribution is 6.30. The number of hydrogen-bond acceptors (Lipinski definition) is 10. The van der Waals surface area contributed by atoms with E-state index in [-0.39, 0.29) is 24.0 Å². The van der Waals surface area contributed by atoms with Gasteiger partial charge in [0.15, 0.2) is 6.61 Å². The maximum absolute atomic E-state index is 13.1. The monoisotopic (exact) mass is 677 g/mol. The summed E-state index contributed by atoms with van der Waals surface area (Å²) in [4.78, 5) is 50.6. The number of nitrogens with one attached hydrogen (secondary N) is 3. The quantitative estimate of drug-likeness (QED) is 0.202. The van der Waals surface area contributed by atoms with E-state index in [9.17, 15) is 32.7 Å². The van der Waals surface area contributed by atoms with Gasteiger partial charge in [0.05, 0.1) is 12.6 Å². The predicted octanol–water partition coefficient (Wildman–Crippen LogP) is 4.97. The number of halogens is 4. The number of hydrogen-bond donors (Lipinski definition) is 4. The third kappa shape index (κ3) is 8.69. The van der Waals surface area contributed by atoms with Crippen LogP contribution in [0.4, 0.5) is 35.5 Å². The topological polar surface area (TPSA) is 168 Å². The van der Waals surface area contributed by atoms with Crippen molar-refractivity contribution in [1.29, 1.82) is 0 Å². The van der Waals surface area contributed by atoms with Crippen LogP contribution in [0.3, 0.4) is 0 Å². The van der Waals surface area contributed by atoms with Crippen LogP contribution in [0.2, 0.25) is 5.02 Å². The van der Waals surface area contributed by atoms with E-state index in [0.717, 1.165) is 18.4 Å². The Balaban J connectivity index is 1.31. The molecule has 2 aromatic carbocycles. The molecule has 1 aliphatic carbocycles. The highest BCUT2D eigenvalue weighted by Crippen LogP contribution is 2.48. The van der Waals surface area contributed by atoms with Gasteiger partial charge in [-0.2, -0.15) is 28.1 Å². The first-order chi connectivity index (χ1) is 22.3. The van der Waals surface area contributed by atoms with E-state index in [1.165, 1.54) is 36.3 Å². The molecule has 1 saturated heterocycles. The summed E-state index contributed by atoms with van der Waals surface area (Å²) < 4.78 is 48.4. The van der Waals surface area contributed by atoms with E-state index in [2.05, 4.69) is 30.9 Å². The number of alkyl halides is 3. The molecule has 250 valence electrons. The van der Waals surface area contributed by atoms with Crippen molar-refractivity contribution in [2.45, 2.75) is 43.4 Å². The van der Waals surface area contributed by atoms with Crippen molar-refractivity contribution < 1.29 is 42.1 Å². The van der Waals surface area contributed by atoms with Crippen LogP contribution in [-0.2, 0) is 15.1 Å². The number of aromatic nitrogens is 3. The molecule has 0 bridgehead atoms. The number of benzene rings is 2. The van der Waals surface area contributed by atoms with E-state index in [4.69, 9.17) is 21.1 Å². The zero-order valence-corrected chi connectivity index (χ0v) is 25.8. The normalized spacial score (nSPS) is 17.6. The largest absolute Gasteiger partial charge is 0.467 e. The zero-order chi connectivity index (χ0) is 33.8. The van der Waals surface area contributed by atoms with Crippen LogP contribution in [-0.4, -0.2) is 82.0 Å². The minimum absolute atomic E-state index is 0.0128. The molecule has 3 aromatic rings. The van der Waals surface area contributed by atoms with Crippen molar-refractivity contribution in [2.75, 3.05) is 37.4 Å². The van der Waals surface area contributed by atoms with Gasteiger partial charge in [0.1, 0.15) is 6.04 Å². The van der Waals surface area contributed by atoms with E-state index in [1.807, 2.05) is 12.1 Å². The Morgan fingerprint density at radius 2 is 1.74 bits per heavy atom. The third-order valence-electron chi connectivity index (χ3n) is 7.82. The van der Waals surface area contributed by atoms with Crippen molar-refractivity contribution in [3.05, 3.63) is 64.7 Å². The van der Waals surface area contributed by atoms with Crippen molar-refractivity contribution in [3.63, 3.8) is 0 Å². The molecule has 2 heterocycles. The highest BCUT2D eigenvalue weighted by atomic mass is 35.5. The number of nitrogens with zero attached hydrogens (tertiary/aromatic N) is 4. The summed E-state index contributed by atoms with van der Waals surface area (Å²) in [5.74, 6) is -1.89. The lowest BCUT2D eigenvalue weighted by atomic mass is 9.90. The molecule has 0 spiro atoms. The first kappa shape index (κ1) is 33.5. The molecule has 1 saturated carbocycles. The average Bonchev–Trinajstić information content (AvgIpc) is 3.82. The SMILES string of the molecule is COC(=O)C(NC(=O)c1ccc(Nc2nc(NC3(c4ccc(Cl)cc4)CC3)nc(OCC(F)(F)F)n2)cc1)C1CCCN(C(=O)O)C1. The van der Waals surface area contributed by atoms with Crippen molar-refractivity contribution in [3.8, 4) is 6.01 Å². The number of carboxylic acid groups (broad SMARTS) is 1. The molecule has 1 aliphatic heterocycles. The molecular weight excluding hydrogens is 647 g/mol. The number of ether oxygens (including phenoxy) is 2. The molecule has 2 unspecified atom stereocenters. The maximum atomic E-state index is 13.1. The second kappa shape index (κ2) is 13.9. The van der Waals surface area contributed by atoms with Crippen LogP contribution in [0.15, 0.2) is 48.5 Å². The van der Waals surface area contributed by atoms with E-state index >= 15 is 0 Å². The lowest BCUT2D eigenvalue weighted by Crippen LogP contribution is -2.52. The molecule has 5 rings (SSSR count). The summed E-state index contributed by atoms with van der Waals surface area (Å²) in [6, 6.07) is 11.5. The fourth-order valence-corrected chi connectivity index (χ4v) is 5.41. The van der Waals surface area contributed by atoms with E-state index in [0.29, 0.717) is 30.1 Å². The van der Waals surface area contributed by atoms with E-state index < -0.39 is 54.3 Å². The number of carbonyl (C=O) groups excluding carboxylic acids is 2. The Labute approximate surface area is 271 Å². The lowest BCUT2D eigenvalue weighted by Gasteiger charge is -2.34. The number of rotatable bonds is 11. The standard InChI is InChI=1S/C30H31ClF3N7O6/c1-46-24(43)22(18-3-2-14-41(15-18)28(44)45)36-23(42)17-4-10-21(11-5-17)35-25-37-26(39-27(38-25)47-16-30(32,33)34)40-29(12-13-29)19-6-8-20(31)9-7-19/h4-11,18,22H,2-3,12-16H2,1H3,(H,36,42)(H,44,45)(H2,35,37,38,39,40). The molecule has 2 fully saturated rings. The number of esters is 1. The zero-order valence-electron chi connectivity index (χ0n) is 25.0. The molecule has 47 heavy (non-hydrogen) atoms. The molecule has 0 radical (unpaired) electrons. The summed E-state index contributed by atoms with van der Waals surface area (Å²) in [6.45, 7) is -1.21. The molecule has 2 aliphatic rings. The molecule has 13 nitrogen and oxygen atoms in total. The second-order valence-electron chi connectivity index (χ2n) is 11.2. The van der Waals surface area contributed by atoms with Gasteiger partial charge >= 0.3 is 24.2 Å². The Morgan fingerprint density at radius 3 is 2.36 bits per heavy atom. The van der Waals surface area contributed by atoms with Gasteiger partial charge in [-0.15, -0.1) is 0 Å². The predicted molar refractivity (Wildman–Crippen MR) is 163 cm³/mol. The minimum Gasteiger partial charge on any atom is -0.467 e. The Bertz CT molecular complexity index is 1610. The van der Waals surface area contributed by atoms with Crippen LogP contribution >= 0.6 is 11.6 Å². The molecule has 17 heteroatoms. The Morgan fingerprint density at radius 1 is 1.06 bits per heavy atom. The third-order valence-corrected chi connectivity index (χ3v) is 8.07. The van der Waals surface area contributed by atoms with Gasteiger partial charge in [0, 0.05) is 35.3 Å². The highest BCUT2D eigenvalue weighted by Gasteiger charge is 2.45. The van der Waals surface area contributed by atoms with Gasteiger partial charge in [-0.1, -0.05) is 23.7 Å². The van der Waals surface area contributed by atoms with Gasteiger partial charge in [0.25, 0.3) is 5.91 Å². The van der Waals surface area contributed by atoms with Gasteiger partial charge < -0.3 is 35.4 Å². The number of piperidine rings is 1. The molecule has 1 aromatic heterocycles. The summed E-state index contributed by atoms with van der Waals surface area (Å²) in [6.07, 6.45) is -3.24. The van der Waals surface area contributed by atoms with Gasteiger partial charge in [-0.05, 0) is 67.6 Å². The van der Waals surface area contributed by atoms with Gasteiger partial charge in [-0.3, -0.25) is 4.79 Å². The maximum Gasteiger partial charge on any atom is 0.422 e. The van der Waals surface area contributed by atoms with Crippen LogP contribution in [0.25, 0.3) is 0 Å². The average molecular weight is 678 g/mol. The van der Waals surface area contributed by atoms with Crippen LogP contribution < -0.4 is 20.7 Å². The number of likely N-dealkylation sites (tertiary alicyclic amines) is 1. The van der Waals surface area contributed by atoms with Crippen molar-refractivity contribution in [1.82, 2.24) is 25.2 Å². The summed E-state index contributed by atoms with van der Waals surface area (Å²) in [7, 11) is 1.18. The number of carbonyl (C=O) groups is 3. The summed E-state index contributed by atoms with van der Waals surface area (Å²) >= 11 is 6.02. The summed E-state index contributed by atoms with van der Waals surface area (Å²) in [5.41, 5.74) is 0.931. The molecule has 4 N–H and O–H groups in total. The van der Waals surface area contributed by atoms with Gasteiger partial charge in [0.2, 0.25) is 11.9 Å². The molecule has 2 amide bonds. The summed E-state index contributed by atoms with van der Waals surface area (Å²) in [5, 5.41) is 18.7. The van der Waals surface area contributed by atoms with Crippen molar-refractivity contribution in [2.24, 2.45) is 5.92 Å². The Kier molecular flexibility index (Phi) is 9.88. The Hall–Kier alpha value is -4.86. The minimum atomic E-state index is -4.62. The molecular formula is C30H31ClF3N7O6. The lowest BCUT2D eigenvalue weighted by molar-refractivity contribution is -0.154. The molecule has 2 atom stereocenters. The van der Waals surface area contributed by atoms with E-state index in [1.54, 1.807) is 12.1 Å². The first-order valence-corrected chi connectivity index (χ1v) is 15.0. The second-order valence-corrected chi connectivity index (χ2v) is 11.6. The fraction of sp³-hybridized carbons (Fsp3) is 0.400. The smallest absolute Gasteiger partial charge is 0.422 e.